The molecule has 0 bridgehead atoms. The Labute approximate surface area is 274 Å². The van der Waals surface area contributed by atoms with Gasteiger partial charge in [-0.3, -0.25) is 0 Å². The molecule has 2 heteroatoms. The molecule has 0 heterocycles. The SMILES string of the molecule is Cc1cc(N)ccc1C(C)c1ccc(CCCCCCCCCCCCCc2ccc(C(C)c3ccc(N)cc3C)cc2)cc1. The van der Waals surface area contributed by atoms with Gasteiger partial charge in [-0.05, 0) is 108 Å². The first-order chi connectivity index (χ1) is 21.8. The van der Waals surface area contributed by atoms with Gasteiger partial charge in [0.05, 0.1) is 0 Å². The third-order valence-corrected chi connectivity index (χ3v) is 9.91. The molecule has 2 unspecified atom stereocenters. The highest BCUT2D eigenvalue weighted by Gasteiger charge is 2.12. The minimum absolute atomic E-state index is 0.392. The number of hydrogen-bond acceptors (Lipinski definition) is 2. The van der Waals surface area contributed by atoms with Gasteiger partial charge in [0.1, 0.15) is 0 Å². The molecule has 4 aromatic carbocycles. The summed E-state index contributed by atoms with van der Waals surface area (Å²) in [5.41, 5.74) is 24.6. The first-order valence-corrected chi connectivity index (χ1v) is 17.7. The molecule has 4 rings (SSSR count). The lowest BCUT2D eigenvalue weighted by molar-refractivity contribution is 0.545. The van der Waals surface area contributed by atoms with Gasteiger partial charge in [-0.25, -0.2) is 0 Å². The van der Waals surface area contributed by atoms with Crippen molar-refractivity contribution in [2.45, 2.75) is 123 Å². The van der Waals surface area contributed by atoms with Crippen LogP contribution in [0.15, 0.2) is 84.9 Å². The molecule has 2 nitrogen and oxygen atoms in total. The highest BCUT2D eigenvalue weighted by Crippen LogP contribution is 2.30. The lowest BCUT2D eigenvalue weighted by atomic mass is 9.89. The van der Waals surface area contributed by atoms with Crippen molar-refractivity contribution >= 4 is 11.4 Å². The highest BCUT2D eigenvalue weighted by molar-refractivity contribution is 5.48. The van der Waals surface area contributed by atoms with E-state index >= 15 is 0 Å². The number of benzene rings is 4. The lowest BCUT2D eigenvalue weighted by Gasteiger charge is -2.16. The van der Waals surface area contributed by atoms with Gasteiger partial charge in [-0.15, -0.1) is 0 Å². The van der Waals surface area contributed by atoms with Gasteiger partial charge in [0.15, 0.2) is 0 Å². The molecule has 0 aliphatic rings. The van der Waals surface area contributed by atoms with E-state index in [9.17, 15) is 0 Å². The largest absolute Gasteiger partial charge is 0.399 e. The van der Waals surface area contributed by atoms with Crippen molar-refractivity contribution < 1.29 is 0 Å². The minimum atomic E-state index is 0.392. The average molecular weight is 603 g/mol. The quantitative estimate of drug-likeness (QED) is 0.0879. The summed E-state index contributed by atoms with van der Waals surface area (Å²) in [5, 5.41) is 0. The van der Waals surface area contributed by atoms with Crippen LogP contribution >= 0.6 is 0 Å². The zero-order valence-electron chi connectivity index (χ0n) is 28.6. The van der Waals surface area contributed by atoms with Gasteiger partial charge in [-0.1, -0.05) is 132 Å². The molecule has 0 aliphatic heterocycles. The van der Waals surface area contributed by atoms with Gasteiger partial charge in [0.2, 0.25) is 0 Å². The third kappa shape index (κ3) is 10.8. The van der Waals surface area contributed by atoms with E-state index in [0.717, 1.165) is 11.4 Å². The Morgan fingerprint density at radius 1 is 0.422 bits per heavy atom. The number of aryl methyl sites for hydroxylation is 4. The van der Waals surface area contributed by atoms with Crippen LogP contribution in [0.1, 0.15) is 141 Å². The standard InChI is InChI=1S/C43H58N2/c1-32-30-40(44)26-28-42(32)34(3)38-22-18-36(19-23-38)16-14-12-10-8-6-5-7-9-11-13-15-17-37-20-24-39(25-21-37)35(4)43-29-27-41(45)31-33(43)2/h18-31,34-35H,5-17,44-45H2,1-4H3. The highest BCUT2D eigenvalue weighted by atomic mass is 14.5. The number of rotatable bonds is 18. The smallest absolute Gasteiger partial charge is 0.0316 e. The van der Waals surface area contributed by atoms with Crippen LogP contribution in [0.2, 0.25) is 0 Å². The fraction of sp³-hybridized carbons (Fsp3) is 0.442. The Hall–Kier alpha value is -3.52. The molecular formula is C43H58N2. The minimum Gasteiger partial charge on any atom is -0.399 e. The summed E-state index contributed by atoms with van der Waals surface area (Å²) in [6, 6.07) is 31.1. The van der Waals surface area contributed by atoms with E-state index in [1.807, 2.05) is 12.1 Å². The molecule has 0 aliphatic carbocycles. The van der Waals surface area contributed by atoms with Crippen LogP contribution in [0.3, 0.4) is 0 Å². The van der Waals surface area contributed by atoms with Crippen molar-refractivity contribution in [3.05, 3.63) is 129 Å². The fourth-order valence-electron chi connectivity index (χ4n) is 6.92. The van der Waals surface area contributed by atoms with E-state index in [0.29, 0.717) is 11.8 Å². The maximum atomic E-state index is 5.94. The van der Waals surface area contributed by atoms with E-state index in [4.69, 9.17) is 11.5 Å². The molecular weight excluding hydrogens is 544 g/mol. The molecule has 240 valence electrons. The molecule has 0 spiro atoms. The first-order valence-electron chi connectivity index (χ1n) is 17.7. The van der Waals surface area contributed by atoms with Crippen LogP contribution in [0.25, 0.3) is 0 Å². The molecule has 4 aromatic rings. The van der Waals surface area contributed by atoms with Crippen LogP contribution in [-0.4, -0.2) is 0 Å². The zero-order chi connectivity index (χ0) is 32.0. The summed E-state index contributed by atoms with van der Waals surface area (Å²) in [5.74, 6) is 0.785. The van der Waals surface area contributed by atoms with Gasteiger partial charge >= 0.3 is 0 Å². The van der Waals surface area contributed by atoms with Crippen molar-refractivity contribution in [3.8, 4) is 0 Å². The zero-order valence-corrected chi connectivity index (χ0v) is 28.6. The van der Waals surface area contributed by atoms with E-state index in [1.165, 1.54) is 128 Å². The van der Waals surface area contributed by atoms with E-state index in [2.05, 4.69) is 100 Å². The van der Waals surface area contributed by atoms with Gasteiger partial charge < -0.3 is 11.5 Å². The summed E-state index contributed by atoms with van der Waals surface area (Å²) in [6.45, 7) is 8.90. The number of nitrogen functional groups attached to an aromatic ring is 2. The predicted octanol–water partition coefficient (Wildman–Crippen LogP) is 11.8. The van der Waals surface area contributed by atoms with Crippen LogP contribution < -0.4 is 11.5 Å². The summed E-state index contributed by atoms with van der Waals surface area (Å²) < 4.78 is 0. The van der Waals surface area contributed by atoms with E-state index < -0.39 is 0 Å². The molecule has 0 saturated heterocycles. The molecule has 0 fully saturated rings. The van der Waals surface area contributed by atoms with Crippen LogP contribution in [0, 0.1) is 13.8 Å². The van der Waals surface area contributed by atoms with Gasteiger partial charge in [0.25, 0.3) is 0 Å². The molecule has 0 radical (unpaired) electrons. The lowest BCUT2D eigenvalue weighted by Crippen LogP contribution is -2.00. The molecule has 2 atom stereocenters. The Kier molecular flexibility index (Phi) is 13.6. The number of nitrogens with two attached hydrogens (primary N) is 2. The summed E-state index contributed by atoms with van der Waals surface area (Å²) >= 11 is 0. The molecule has 0 aromatic heterocycles. The molecule has 45 heavy (non-hydrogen) atoms. The average Bonchev–Trinajstić information content (AvgIpc) is 3.03. The molecule has 4 N–H and O–H groups in total. The summed E-state index contributed by atoms with van der Waals surface area (Å²) in [6.07, 6.45) is 17.4. The second kappa shape index (κ2) is 17.8. The Morgan fingerprint density at radius 2 is 0.733 bits per heavy atom. The van der Waals surface area contributed by atoms with Crippen LogP contribution in [0.5, 0.6) is 0 Å². The van der Waals surface area contributed by atoms with Crippen molar-refractivity contribution in [2.75, 3.05) is 11.5 Å². The maximum Gasteiger partial charge on any atom is 0.0316 e. The van der Waals surface area contributed by atoms with Crippen LogP contribution in [0.4, 0.5) is 11.4 Å². The second-order valence-electron chi connectivity index (χ2n) is 13.5. The number of anilines is 2. The Morgan fingerprint density at radius 3 is 1.04 bits per heavy atom. The van der Waals surface area contributed by atoms with Gasteiger partial charge in [0, 0.05) is 23.2 Å². The topological polar surface area (TPSA) is 52.0 Å². The normalized spacial score (nSPS) is 12.7. The monoisotopic (exact) mass is 602 g/mol. The molecule has 0 saturated carbocycles. The number of unbranched alkanes of at least 4 members (excludes halogenated alkanes) is 10. The van der Waals surface area contributed by atoms with E-state index in [-0.39, 0.29) is 0 Å². The first kappa shape index (κ1) is 34.4. The Bertz CT molecular complexity index is 1320. The second-order valence-corrected chi connectivity index (χ2v) is 13.5. The maximum absolute atomic E-state index is 5.94. The number of hydrogen-bond donors (Lipinski definition) is 2. The Balaban J connectivity index is 0.990. The summed E-state index contributed by atoms with van der Waals surface area (Å²) in [7, 11) is 0. The fourth-order valence-corrected chi connectivity index (χ4v) is 6.92. The van der Waals surface area contributed by atoms with Crippen molar-refractivity contribution in [3.63, 3.8) is 0 Å². The van der Waals surface area contributed by atoms with Crippen molar-refractivity contribution in [1.29, 1.82) is 0 Å². The summed E-state index contributed by atoms with van der Waals surface area (Å²) in [4.78, 5) is 0. The third-order valence-electron chi connectivity index (χ3n) is 9.91. The van der Waals surface area contributed by atoms with Crippen LogP contribution in [-0.2, 0) is 12.8 Å². The van der Waals surface area contributed by atoms with Crippen molar-refractivity contribution in [1.82, 2.24) is 0 Å². The molecule has 0 amide bonds. The predicted molar refractivity (Wildman–Crippen MR) is 197 cm³/mol. The van der Waals surface area contributed by atoms with Crippen molar-refractivity contribution in [2.24, 2.45) is 0 Å². The van der Waals surface area contributed by atoms with Gasteiger partial charge in [-0.2, -0.15) is 0 Å². The van der Waals surface area contributed by atoms with E-state index in [1.54, 1.807) is 0 Å².